The second kappa shape index (κ2) is 14.3. The van der Waals surface area contributed by atoms with Gasteiger partial charge in [-0.3, -0.25) is 0 Å². The van der Waals surface area contributed by atoms with Gasteiger partial charge in [-0.05, 0) is 19.8 Å². The summed E-state index contributed by atoms with van der Waals surface area (Å²) in [5, 5.41) is 0. The molecule has 0 N–H and O–H groups in total. The van der Waals surface area contributed by atoms with E-state index in [4.69, 9.17) is 4.74 Å². The Morgan fingerprint density at radius 1 is 0.955 bits per heavy atom. The lowest BCUT2D eigenvalue weighted by Gasteiger charge is -2.29. The smallest absolute Gasteiger partial charge is 0.333 e. The first-order chi connectivity index (χ1) is 9.89. The molecule has 0 bridgehead atoms. The van der Waals surface area contributed by atoms with Gasteiger partial charge in [0.1, 0.15) is 13.2 Å². The average molecular weight is 378 g/mol. The molecule has 0 aromatic carbocycles. The maximum atomic E-state index is 11.3. The summed E-state index contributed by atoms with van der Waals surface area (Å²) in [5.41, 5.74) is 0.475. The van der Waals surface area contributed by atoms with E-state index in [1.165, 1.54) is 51.4 Å². The summed E-state index contributed by atoms with van der Waals surface area (Å²) in [7, 11) is 4.41. The van der Waals surface area contributed by atoms with E-state index in [0.29, 0.717) is 12.2 Å². The number of esters is 1. The average Bonchev–Trinajstić information content (AvgIpc) is 2.41. The summed E-state index contributed by atoms with van der Waals surface area (Å²) >= 11 is 0. The molecule has 0 aliphatic rings. The third-order valence-electron chi connectivity index (χ3n) is 3.90. The first-order valence-corrected chi connectivity index (χ1v) is 8.53. The first-order valence-electron chi connectivity index (χ1n) is 8.53. The van der Waals surface area contributed by atoms with E-state index in [0.717, 1.165) is 17.6 Å². The van der Waals surface area contributed by atoms with Gasteiger partial charge in [-0.15, -0.1) is 0 Å². The Labute approximate surface area is 148 Å². The zero-order valence-electron chi connectivity index (χ0n) is 15.1. The predicted molar refractivity (Wildman–Crippen MR) is 90.2 cm³/mol. The Balaban J connectivity index is 0. The number of nitrogens with zero attached hydrogens (tertiary/aromatic N) is 1. The van der Waals surface area contributed by atoms with Crippen molar-refractivity contribution in [2.45, 2.75) is 65.2 Å². The van der Waals surface area contributed by atoms with Crippen molar-refractivity contribution in [2.75, 3.05) is 33.8 Å². The van der Waals surface area contributed by atoms with Gasteiger partial charge in [0.05, 0.1) is 20.6 Å². The van der Waals surface area contributed by atoms with Gasteiger partial charge in [0.2, 0.25) is 0 Å². The Hall–Kier alpha value is -0.350. The topological polar surface area (TPSA) is 26.3 Å². The van der Waals surface area contributed by atoms with Crippen molar-refractivity contribution in [3.8, 4) is 0 Å². The number of carbonyl (C=O) groups excluding carboxylic acids is 1. The molecule has 132 valence electrons. The molecule has 0 aliphatic heterocycles. The van der Waals surface area contributed by atoms with Crippen molar-refractivity contribution in [3.05, 3.63) is 12.2 Å². The van der Waals surface area contributed by atoms with Gasteiger partial charge in [0.15, 0.2) is 0 Å². The van der Waals surface area contributed by atoms with Crippen molar-refractivity contribution < 1.29 is 31.0 Å². The fourth-order valence-electron chi connectivity index (χ4n) is 2.29. The number of likely N-dealkylation sites (N-methyl/N-ethyl adjacent to an activating group) is 1. The summed E-state index contributed by atoms with van der Waals surface area (Å²) < 4.78 is 6.08. The molecule has 0 rings (SSSR count). The van der Waals surface area contributed by atoms with Crippen molar-refractivity contribution in [2.24, 2.45) is 0 Å². The van der Waals surface area contributed by atoms with Crippen LogP contribution in [-0.2, 0) is 9.53 Å². The van der Waals surface area contributed by atoms with Crippen LogP contribution in [0.1, 0.15) is 65.2 Å². The van der Waals surface area contributed by atoms with Gasteiger partial charge >= 0.3 is 5.97 Å². The van der Waals surface area contributed by atoms with Crippen LogP contribution in [0.3, 0.4) is 0 Å². The maximum absolute atomic E-state index is 11.3. The molecule has 0 amide bonds. The highest BCUT2D eigenvalue weighted by molar-refractivity contribution is 5.86. The standard InChI is InChI=1S/C18H36NO2.BrH/c1-6-7-8-9-10-11-12-13-14-19(4,5)15-16-21-18(20)17(2)3;/h2,6-16H2,1,3-5H3;1H/q+1;/p-1. The maximum Gasteiger partial charge on any atom is 0.333 e. The van der Waals surface area contributed by atoms with Crippen LogP contribution in [0.2, 0.25) is 0 Å². The van der Waals surface area contributed by atoms with Gasteiger partial charge < -0.3 is 26.2 Å². The van der Waals surface area contributed by atoms with Crippen molar-refractivity contribution in [1.29, 1.82) is 0 Å². The number of quaternary nitrogens is 1. The predicted octanol–water partition coefficient (Wildman–Crippen LogP) is 1.33. The highest BCUT2D eigenvalue weighted by atomic mass is 79.9. The van der Waals surface area contributed by atoms with E-state index < -0.39 is 0 Å². The van der Waals surface area contributed by atoms with Crippen LogP contribution >= 0.6 is 0 Å². The Kier molecular flexibility index (Phi) is 15.5. The molecule has 4 heteroatoms. The highest BCUT2D eigenvalue weighted by Crippen LogP contribution is 2.10. The van der Waals surface area contributed by atoms with Crippen molar-refractivity contribution >= 4 is 5.97 Å². The molecule has 0 unspecified atom stereocenters. The lowest BCUT2D eigenvalue weighted by molar-refractivity contribution is -0.890. The van der Waals surface area contributed by atoms with Crippen LogP contribution in [0.25, 0.3) is 0 Å². The summed E-state index contributed by atoms with van der Waals surface area (Å²) in [6.07, 6.45) is 10.8. The minimum atomic E-state index is -0.276. The molecule has 3 nitrogen and oxygen atoms in total. The monoisotopic (exact) mass is 377 g/mol. The molecule has 0 heterocycles. The molecule has 0 aromatic heterocycles. The lowest BCUT2D eigenvalue weighted by Crippen LogP contribution is -3.00. The number of hydrogen-bond donors (Lipinski definition) is 0. The number of unbranched alkanes of at least 4 members (excludes halogenated alkanes) is 7. The minimum Gasteiger partial charge on any atom is -1.00 e. The molecule has 0 spiro atoms. The van der Waals surface area contributed by atoms with Gasteiger partial charge in [0, 0.05) is 5.57 Å². The normalized spacial score (nSPS) is 10.9. The fourth-order valence-corrected chi connectivity index (χ4v) is 2.29. The van der Waals surface area contributed by atoms with Gasteiger partial charge in [0.25, 0.3) is 0 Å². The van der Waals surface area contributed by atoms with Crippen molar-refractivity contribution in [1.82, 2.24) is 0 Å². The van der Waals surface area contributed by atoms with E-state index in [-0.39, 0.29) is 23.0 Å². The summed E-state index contributed by atoms with van der Waals surface area (Å²) in [6, 6.07) is 0. The van der Waals surface area contributed by atoms with E-state index in [1.54, 1.807) is 6.92 Å². The quantitative estimate of drug-likeness (QED) is 0.209. The third-order valence-corrected chi connectivity index (χ3v) is 3.90. The zero-order valence-corrected chi connectivity index (χ0v) is 16.7. The van der Waals surface area contributed by atoms with Crippen molar-refractivity contribution in [3.63, 3.8) is 0 Å². The minimum absolute atomic E-state index is 0. The molecule has 0 atom stereocenters. The fraction of sp³-hybridized carbons (Fsp3) is 0.833. The number of carbonyl (C=O) groups is 1. The largest absolute Gasteiger partial charge is 1.00 e. The Morgan fingerprint density at radius 3 is 1.95 bits per heavy atom. The third kappa shape index (κ3) is 14.6. The Morgan fingerprint density at radius 2 is 1.45 bits per heavy atom. The van der Waals surface area contributed by atoms with Crippen LogP contribution in [0.15, 0.2) is 12.2 Å². The number of ether oxygens (including phenoxy) is 1. The van der Waals surface area contributed by atoms with E-state index in [9.17, 15) is 4.79 Å². The number of halogens is 1. The van der Waals surface area contributed by atoms with Gasteiger partial charge in [-0.2, -0.15) is 0 Å². The first kappa shape index (κ1) is 23.9. The molecule has 22 heavy (non-hydrogen) atoms. The molecule has 0 aliphatic carbocycles. The SMILES string of the molecule is C=C(C)C(=O)OCC[N+](C)(C)CCCCCCCCCC.[Br-]. The highest BCUT2D eigenvalue weighted by Gasteiger charge is 2.15. The molecule has 0 aromatic rings. The lowest BCUT2D eigenvalue weighted by atomic mass is 10.1. The molecule has 0 saturated heterocycles. The van der Waals surface area contributed by atoms with Crippen LogP contribution in [0.5, 0.6) is 0 Å². The molecule has 0 radical (unpaired) electrons. The van der Waals surface area contributed by atoms with E-state index >= 15 is 0 Å². The van der Waals surface area contributed by atoms with E-state index in [2.05, 4.69) is 27.6 Å². The van der Waals surface area contributed by atoms with E-state index in [1.807, 2.05) is 0 Å². The summed E-state index contributed by atoms with van der Waals surface area (Å²) in [4.78, 5) is 11.3. The van der Waals surface area contributed by atoms with Crippen LogP contribution in [0, 0.1) is 0 Å². The van der Waals surface area contributed by atoms with Crippen LogP contribution in [0.4, 0.5) is 0 Å². The van der Waals surface area contributed by atoms with Gasteiger partial charge in [-0.25, -0.2) is 4.79 Å². The second-order valence-corrected chi connectivity index (χ2v) is 6.77. The number of rotatable bonds is 13. The molecule has 0 fully saturated rings. The summed E-state index contributed by atoms with van der Waals surface area (Å²) in [5.74, 6) is -0.276. The van der Waals surface area contributed by atoms with Gasteiger partial charge in [-0.1, -0.05) is 52.0 Å². The van der Waals surface area contributed by atoms with Crippen LogP contribution in [-0.4, -0.2) is 44.2 Å². The van der Waals surface area contributed by atoms with Crippen LogP contribution < -0.4 is 17.0 Å². The molecular formula is C18H36BrNO2. The second-order valence-electron chi connectivity index (χ2n) is 6.77. The zero-order chi connectivity index (χ0) is 16.1. The molecule has 0 saturated carbocycles. The summed E-state index contributed by atoms with van der Waals surface area (Å²) in [6.45, 7) is 10.0. The Bertz CT molecular complexity index is 303. The molecular weight excluding hydrogens is 342 g/mol. The number of hydrogen-bond acceptors (Lipinski definition) is 2.